The van der Waals surface area contributed by atoms with Crippen LogP contribution in [0.2, 0.25) is 0 Å². The van der Waals surface area contributed by atoms with Gasteiger partial charge in [0, 0.05) is 10.9 Å². The van der Waals surface area contributed by atoms with E-state index in [0.29, 0.717) is 18.2 Å². The standard InChI is InChI=1S/C13H15BrN2O2/c1-17-11-7-9(14)4-5-10(11)12-8-16-13(18-12)3-2-6-15/h4-5,7-8H,2-3,6,15H2,1H3. The van der Waals surface area contributed by atoms with Gasteiger partial charge in [-0.15, -0.1) is 0 Å². The van der Waals surface area contributed by atoms with E-state index in [1.165, 1.54) is 0 Å². The van der Waals surface area contributed by atoms with Gasteiger partial charge in [0.15, 0.2) is 11.7 Å². The summed E-state index contributed by atoms with van der Waals surface area (Å²) < 4.78 is 12.0. The van der Waals surface area contributed by atoms with Gasteiger partial charge in [-0.1, -0.05) is 15.9 Å². The Kier molecular flexibility index (Phi) is 4.38. The molecule has 1 heterocycles. The second-order valence-corrected chi connectivity index (χ2v) is 4.77. The van der Waals surface area contributed by atoms with Crippen molar-refractivity contribution in [3.8, 4) is 17.1 Å². The van der Waals surface area contributed by atoms with Crippen molar-refractivity contribution in [2.45, 2.75) is 12.8 Å². The fourth-order valence-corrected chi connectivity index (χ4v) is 2.01. The van der Waals surface area contributed by atoms with Crippen molar-refractivity contribution in [3.63, 3.8) is 0 Å². The maximum absolute atomic E-state index is 5.69. The first-order valence-electron chi connectivity index (χ1n) is 5.73. The molecule has 2 rings (SSSR count). The Bertz CT molecular complexity index is 525. The van der Waals surface area contributed by atoms with E-state index in [-0.39, 0.29) is 0 Å². The summed E-state index contributed by atoms with van der Waals surface area (Å²) in [5.74, 6) is 2.18. The number of ether oxygens (including phenoxy) is 1. The third kappa shape index (κ3) is 2.91. The van der Waals surface area contributed by atoms with E-state index in [1.807, 2.05) is 18.2 Å². The second-order valence-electron chi connectivity index (χ2n) is 3.86. The van der Waals surface area contributed by atoms with E-state index >= 15 is 0 Å². The first-order valence-corrected chi connectivity index (χ1v) is 6.52. The van der Waals surface area contributed by atoms with Crippen LogP contribution in [0.4, 0.5) is 0 Å². The largest absolute Gasteiger partial charge is 0.496 e. The highest BCUT2D eigenvalue weighted by atomic mass is 79.9. The number of hydrogen-bond donors (Lipinski definition) is 1. The van der Waals surface area contributed by atoms with Gasteiger partial charge >= 0.3 is 0 Å². The van der Waals surface area contributed by atoms with Crippen LogP contribution >= 0.6 is 15.9 Å². The number of aromatic nitrogens is 1. The summed E-state index contributed by atoms with van der Waals surface area (Å²) in [5.41, 5.74) is 6.36. The molecule has 0 amide bonds. The van der Waals surface area contributed by atoms with Gasteiger partial charge in [-0.3, -0.25) is 0 Å². The minimum absolute atomic E-state index is 0.638. The number of rotatable bonds is 5. The molecule has 0 aliphatic rings. The summed E-state index contributed by atoms with van der Waals surface area (Å²) in [4.78, 5) is 4.24. The monoisotopic (exact) mass is 310 g/mol. The van der Waals surface area contributed by atoms with Crippen molar-refractivity contribution in [2.24, 2.45) is 5.73 Å². The van der Waals surface area contributed by atoms with Crippen molar-refractivity contribution in [1.82, 2.24) is 4.98 Å². The third-order valence-electron chi connectivity index (χ3n) is 2.58. The van der Waals surface area contributed by atoms with Gasteiger partial charge in [0.1, 0.15) is 5.75 Å². The molecule has 0 spiro atoms. The number of benzene rings is 1. The van der Waals surface area contributed by atoms with E-state index in [1.54, 1.807) is 13.3 Å². The lowest BCUT2D eigenvalue weighted by Crippen LogP contribution is -2.00. The summed E-state index contributed by atoms with van der Waals surface area (Å²) in [5, 5.41) is 0. The van der Waals surface area contributed by atoms with Crippen LogP contribution < -0.4 is 10.5 Å². The molecule has 0 aliphatic carbocycles. The van der Waals surface area contributed by atoms with Crippen molar-refractivity contribution >= 4 is 15.9 Å². The van der Waals surface area contributed by atoms with Crippen LogP contribution in [0.15, 0.2) is 33.3 Å². The SMILES string of the molecule is COc1cc(Br)ccc1-c1cnc(CCCN)o1. The molecule has 18 heavy (non-hydrogen) atoms. The van der Waals surface area contributed by atoms with Crippen LogP contribution in [-0.4, -0.2) is 18.6 Å². The summed E-state index contributed by atoms with van der Waals surface area (Å²) in [6.07, 6.45) is 3.35. The second kappa shape index (κ2) is 6.02. The van der Waals surface area contributed by atoms with Crippen molar-refractivity contribution in [3.05, 3.63) is 34.8 Å². The number of hydrogen-bond acceptors (Lipinski definition) is 4. The van der Waals surface area contributed by atoms with Gasteiger partial charge in [-0.05, 0) is 31.2 Å². The van der Waals surface area contributed by atoms with E-state index < -0.39 is 0 Å². The number of nitrogens with zero attached hydrogens (tertiary/aromatic N) is 1. The van der Waals surface area contributed by atoms with Gasteiger partial charge in [0.2, 0.25) is 0 Å². The predicted molar refractivity (Wildman–Crippen MR) is 73.6 cm³/mol. The molecule has 0 atom stereocenters. The molecule has 0 saturated carbocycles. The van der Waals surface area contributed by atoms with E-state index in [9.17, 15) is 0 Å². The molecule has 0 aliphatic heterocycles. The van der Waals surface area contributed by atoms with E-state index in [2.05, 4.69) is 20.9 Å². The minimum atomic E-state index is 0.638. The quantitative estimate of drug-likeness (QED) is 0.922. The fourth-order valence-electron chi connectivity index (χ4n) is 1.67. The topological polar surface area (TPSA) is 61.3 Å². The molecule has 0 bridgehead atoms. The first kappa shape index (κ1) is 13.1. The molecule has 0 radical (unpaired) electrons. The van der Waals surface area contributed by atoms with Crippen LogP contribution in [0, 0.1) is 0 Å². The Morgan fingerprint density at radius 1 is 1.44 bits per heavy atom. The number of halogens is 1. The molecule has 96 valence electrons. The maximum atomic E-state index is 5.69. The highest BCUT2D eigenvalue weighted by molar-refractivity contribution is 9.10. The Balaban J connectivity index is 2.28. The van der Waals surface area contributed by atoms with Crippen molar-refractivity contribution in [1.29, 1.82) is 0 Å². The highest BCUT2D eigenvalue weighted by Gasteiger charge is 2.11. The maximum Gasteiger partial charge on any atom is 0.194 e. The van der Waals surface area contributed by atoms with Crippen LogP contribution in [0.1, 0.15) is 12.3 Å². The zero-order valence-electron chi connectivity index (χ0n) is 10.1. The normalized spacial score (nSPS) is 10.6. The first-order chi connectivity index (χ1) is 8.74. The van der Waals surface area contributed by atoms with Crippen LogP contribution in [-0.2, 0) is 6.42 Å². The number of oxazole rings is 1. The predicted octanol–water partition coefficient (Wildman–Crippen LogP) is 3.00. The summed E-state index contributed by atoms with van der Waals surface area (Å²) in [6, 6.07) is 5.79. The fraction of sp³-hybridized carbons (Fsp3) is 0.308. The highest BCUT2D eigenvalue weighted by Crippen LogP contribution is 2.32. The Morgan fingerprint density at radius 2 is 2.28 bits per heavy atom. The minimum Gasteiger partial charge on any atom is -0.496 e. The third-order valence-corrected chi connectivity index (χ3v) is 3.07. The summed E-state index contributed by atoms with van der Waals surface area (Å²) in [6.45, 7) is 0.638. The summed E-state index contributed by atoms with van der Waals surface area (Å²) >= 11 is 3.41. The molecule has 1 aromatic carbocycles. The zero-order valence-corrected chi connectivity index (χ0v) is 11.7. The molecule has 5 heteroatoms. The molecule has 1 aromatic heterocycles. The molecule has 0 saturated heterocycles. The lowest BCUT2D eigenvalue weighted by molar-refractivity contribution is 0.413. The van der Waals surface area contributed by atoms with Crippen molar-refractivity contribution < 1.29 is 9.15 Å². The van der Waals surface area contributed by atoms with Gasteiger partial charge in [-0.25, -0.2) is 4.98 Å². The van der Waals surface area contributed by atoms with Gasteiger partial charge in [0.05, 0.1) is 18.9 Å². The van der Waals surface area contributed by atoms with Crippen LogP contribution in [0.5, 0.6) is 5.75 Å². The lowest BCUT2D eigenvalue weighted by atomic mass is 10.1. The van der Waals surface area contributed by atoms with Crippen LogP contribution in [0.3, 0.4) is 0 Å². The smallest absolute Gasteiger partial charge is 0.194 e. The Labute approximate surface area is 114 Å². The van der Waals surface area contributed by atoms with E-state index in [0.717, 1.165) is 28.6 Å². The average Bonchev–Trinajstić information content (AvgIpc) is 2.84. The van der Waals surface area contributed by atoms with Crippen LogP contribution in [0.25, 0.3) is 11.3 Å². The number of aryl methyl sites for hydroxylation is 1. The molecular weight excluding hydrogens is 296 g/mol. The Morgan fingerprint density at radius 3 is 3.00 bits per heavy atom. The molecular formula is C13H15BrN2O2. The summed E-state index contributed by atoms with van der Waals surface area (Å²) in [7, 11) is 1.64. The zero-order chi connectivity index (χ0) is 13.0. The average molecular weight is 311 g/mol. The van der Waals surface area contributed by atoms with Gasteiger partial charge < -0.3 is 14.9 Å². The van der Waals surface area contributed by atoms with Gasteiger partial charge in [-0.2, -0.15) is 0 Å². The molecule has 2 aromatic rings. The van der Waals surface area contributed by atoms with Gasteiger partial charge in [0.25, 0.3) is 0 Å². The van der Waals surface area contributed by atoms with Crippen molar-refractivity contribution in [2.75, 3.05) is 13.7 Å². The van der Waals surface area contributed by atoms with E-state index in [4.69, 9.17) is 14.9 Å². The molecule has 2 N–H and O–H groups in total. The lowest BCUT2D eigenvalue weighted by Gasteiger charge is -2.05. The number of nitrogens with two attached hydrogens (primary N) is 1. The molecule has 0 fully saturated rings. The molecule has 4 nitrogen and oxygen atoms in total. The molecule has 0 unspecified atom stereocenters. The number of methoxy groups -OCH3 is 1. The Hall–Kier alpha value is -1.33.